The second kappa shape index (κ2) is 10.5. The molecule has 0 saturated heterocycles. The Morgan fingerprint density at radius 1 is 1.03 bits per heavy atom. The maximum atomic E-state index is 12.9. The van der Waals surface area contributed by atoms with E-state index in [0.29, 0.717) is 23.5 Å². The highest BCUT2D eigenvalue weighted by Gasteiger charge is 2.18. The van der Waals surface area contributed by atoms with Crippen molar-refractivity contribution in [1.29, 1.82) is 0 Å². The Bertz CT molecular complexity index is 1030. The van der Waals surface area contributed by atoms with Gasteiger partial charge in [0, 0.05) is 12.2 Å². The first-order chi connectivity index (χ1) is 14.9. The predicted molar refractivity (Wildman–Crippen MR) is 117 cm³/mol. The molecule has 2 aromatic carbocycles. The summed E-state index contributed by atoms with van der Waals surface area (Å²) in [4.78, 5) is 37.1. The van der Waals surface area contributed by atoms with Gasteiger partial charge in [0.25, 0.3) is 11.8 Å². The lowest BCUT2D eigenvalue weighted by Gasteiger charge is -2.14. The standard InChI is InChI=1S/C23H21FN2O4S/c1-15(21(27)25-13-12-16-4-8-18(24)9-5-16)30-23(29)17-6-10-19(11-7-17)26-22(28)20-3-2-14-31-20/h2-11,14-15H,12-13H2,1H3,(H,25,27)(H,26,28). The lowest BCUT2D eigenvalue weighted by atomic mass is 10.1. The zero-order valence-corrected chi connectivity index (χ0v) is 17.6. The molecule has 6 nitrogen and oxygen atoms in total. The van der Waals surface area contributed by atoms with E-state index in [2.05, 4.69) is 10.6 Å². The molecule has 3 rings (SSSR count). The van der Waals surface area contributed by atoms with Gasteiger partial charge in [-0.1, -0.05) is 18.2 Å². The van der Waals surface area contributed by atoms with Crippen LogP contribution in [0.3, 0.4) is 0 Å². The molecule has 0 fully saturated rings. The second-order valence-corrected chi connectivity index (χ2v) is 7.67. The summed E-state index contributed by atoms with van der Waals surface area (Å²) in [7, 11) is 0. The van der Waals surface area contributed by atoms with Gasteiger partial charge in [-0.25, -0.2) is 9.18 Å². The lowest BCUT2D eigenvalue weighted by molar-refractivity contribution is -0.129. The summed E-state index contributed by atoms with van der Waals surface area (Å²) in [5, 5.41) is 7.25. The molecular weight excluding hydrogens is 419 g/mol. The third-order valence-corrected chi connectivity index (χ3v) is 5.27. The van der Waals surface area contributed by atoms with Gasteiger partial charge in [-0.15, -0.1) is 11.3 Å². The molecule has 3 aromatic rings. The van der Waals surface area contributed by atoms with E-state index in [1.54, 1.807) is 36.4 Å². The number of rotatable bonds is 8. The number of thiophene rings is 1. The average Bonchev–Trinajstić information content (AvgIpc) is 3.30. The van der Waals surface area contributed by atoms with E-state index >= 15 is 0 Å². The van der Waals surface area contributed by atoms with Crippen molar-refractivity contribution in [2.75, 3.05) is 11.9 Å². The van der Waals surface area contributed by atoms with Crippen LogP contribution in [0.1, 0.15) is 32.5 Å². The predicted octanol–water partition coefficient (Wildman–Crippen LogP) is 4.04. The average molecular weight is 440 g/mol. The smallest absolute Gasteiger partial charge is 0.338 e. The number of carbonyl (C=O) groups excluding carboxylic acids is 3. The Morgan fingerprint density at radius 2 is 1.74 bits per heavy atom. The van der Waals surface area contributed by atoms with E-state index in [9.17, 15) is 18.8 Å². The van der Waals surface area contributed by atoms with Crippen molar-refractivity contribution in [3.63, 3.8) is 0 Å². The number of benzene rings is 2. The quantitative estimate of drug-likeness (QED) is 0.518. The number of hydrogen-bond acceptors (Lipinski definition) is 5. The molecule has 0 aliphatic rings. The van der Waals surface area contributed by atoms with Crippen LogP contribution in [-0.2, 0) is 16.0 Å². The summed E-state index contributed by atoms with van der Waals surface area (Å²) in [5.41, 5.74) is 1.69. The minimum atomic E-state index is -0.973. The van der Waals surface area contributed by atoms with Crippen molar-refractivity contribution in [1.82, 2.24) is 5.32 Å². The van der Waals surface area contributed by atoms with Gasteiger partial charge in [0.2, 0.25) is 0 Å². The van der Waals surface area contributed by atoms with Crippen LogP contribution in [0, 0.1) is 5.82 Å². The van der Waals surface area contributed by atoms with Gasteiger partial charge >= 0.3 is 5.97 Å². The number of esters is 1. The summed E-state index contributed by atoms with van der Waals surface area (Å²) < 4.78 is 18.1. The van der Waals surface area contributed by atoms with Crippen LogP contribution in [-0.4, -0.2) is 30.4 Å². The molecule has 0 bridgehead atoms. The SMILES string of the molecule is CC(OC(=O)c1ccc(NC(=O)c2cccs2)cc1)C(=O)NCCc1ccc(F)cc1. The molecule has 0 aliphatic heterocycles. The van der Waals surface area contributed by atoms with E-state index in [0.717, 1.165) is 5.56 Å². The van der Waals surface area contributed by atoms with Crippen LogP contribution >= 0.6 is 11.3 Å². The minimum absolute atomic E-state index is 0.226. The Balaban J connectivity index is 1.45. The summed E-state index contributed by atoms with van der Waals surface area (Å²) in [6.45, 7) is 1.83. The topological polar surface area (TPSA) is 84.5 Å². The van der Waals surface area contributed by atoms with Crippen LogP contribution in [0.2, 0.25) is 0 Å². The van der Waals surface area contributed by atoms with Crippen molar-refractivity contribution in [3.8, 4) is 0 Å². The van der Waals surface area contributed by atoms with Crippen molar-refractivity contribution < 1.29 is 23.5 Å². The molecule has 0 saturated carbocycles. The fourth-order valence-electron chi connectivity index (χ4n) is 2.70. The molecule has 1 atom stereocenters. The van der Waals surface area contributed by atoms with Crippen LogP contribution in [0.25, 0.3) is 0 Å². The summed E-state index contributed by atoms with van der Waals surface area (Å²) >= 11 is 1.33. The van der Waals surface area contributed by atoms with Crippen molar-refractivity contribution >= 4 is 34.8 Å². The van der Waals surface area contributed by atoms with Gasteiger partial charge in [0.1, 0.15) is 5.82 Å². The van der Waals surface area contributed by atoms with Gasteiger partial charge in [-0.05, 0) is 66.8 Å². The maximum absolute atomic E-state index is 12.9. The maximum Gasteiger partial charge on any atom is 0.338 e. The minimum Gasteiger partial charge on any atom is -0.449 e. The molecular formula is C23H21FN2O4S. The van der Waals surface area contributed by atoms with Gasteiger partial charge < -0.3 is 15.4 Å². The third kappa shape index (κ3) is 6.48. The van der Waals surface area contributed by atoms with Crippen molar-refractivity contribution in [2.45, 2.75) is 19.4 Å². The fraction of sp³-hybridized carbons (Fsp3) is 0.174. The zero-order chi connectivity index (χ0) is 22.2. The van der Waals surface area contributed by atoms with Crippen LogP contribution in [0.4, 0.5) is 10.1 Å². The molecule has 31 heavy (non-hydrogen) atoms. The normalized spacial score (nSPS) is 11.4. The molecule has 0 aliphatic carbocycles. The van der Waals surface area contributed by atoms with E-state index in [1.165, 1.54) is 42.5 Å². The molecule has 1 unspecified atom stereocenters. The van der Waals surface area contributed by atoms with Crippen LogP contribution in [0.5, 0.6) is 0 Å². The summed E-state index contributed by atoms with van der Waals surface area (Å²) in [6, 6.07) is 15.8. The number of nitrogens with one attached hydrogen (secondary N) is 2. The number of carbonyl (C=O) groups is 3. The zero-order valence-electron chi connectivity index (χ0n) is 16.8. The van der Waals surface area contributed by atoms with Gasteiger partial charge in [0.15, 0.2) is 6.10 Å². The lowest BCUT2D eigenvalue weighted by Crippen LogP contribution is -2.36. The highest BCUT2D eigenvalue weighted by atomic mass is 32.1. The van der Waals surface area contributed by atoms with Crippen LogP contribution < -0.4 is 10.6 Å². The van der Waals surface area contributed by atoms with E-state index in [-0.39, 0.29) is 17.3 Å². The molecule has 0 spiro atoms. The molecule has 2 amide bonds. The molecule has 8 heteroatoms. The van der Waals surface area contributed by atoms with Crippen molar-refractivity contribution in [2.24, 2.45) is 0 Å². The monoisotopic (exact) mass is 440 g/mol. The highest BCUT2D eigenvalue weighted by molar-refractivity contribution is 7.12. The highest BCUT2D eigenvalue weighted by Crippen LogP contribution is 2.15. The number of anilines is 1. The first kappa shape index (κ1) is 22.2. The van der Waals surface area contributed by atoms with Crippen molar-refractivity contribution in [3.05, 3.63) is 87.9 Å². The molecule has 1 aromatic heterocycles. The Morgan fingerprint density at radius 3 is 2.39 bits per heavy atom. The Labute approximate surface area is 183 Å². The number of amides is 2. The summed E-state index contributed by atoms with van der Waals surface area (Å²) in [6.07, 6.45) is -0.440. The van der Waals surface area contributed by atoms with E-state index in [4.69, 9.17) is 4.74 Å². The van der Waals surface area contributed by atoms with Gasteiger partial charge in [0.05, 0.1) is 10.4 Å². The van der Waals surface area contributed by atoms with E-state index in [1.807, 2.05) is 5.38 Å². The number of hydrogen-bond donors (Lipinski definition) is 2. The fourth-order valence-corrected chi connectivity index (χ4v) is 3.32. The Hall–Kier alpha value is -3.52. The van der Waals surface area contributed by atoms with Gasteiger partial charge in [-0.3, -0.25) is 9.59 Å². The number of ether oxygens (including phenoxy) is 1. The molecule has 160 valence electrons. The Kier molecular flexibility index (Phi) is 7.50. The molecule has 2 N–H and O–H groups in total. The van der Waals surface area contributed by atoms with E-state index < -0.39 is 18.0 Å². The molecule has 0 radical (unpaired) electrons. The largest absolute Gasteiger partial charge is 0.449 e. The number of halogens is 1. The second-order valence-electron chi connectivity index (χ2n) is 6.72. The first-order valence-corrected chi connectivity index (χ1v) is 10.5. The molecule has 1 heterocycles. The first-order valence-electron chi connectivity index (χ1n) is 9.60. The summed E-state index contributed by atoms with van der Waals surface area (Å²) in [5.74, 6) is -1.60. The third-order valence-electron chi connectivity index (χ3n) is 4.40. The van der Waals surface area contributed by atoms with Crippen LogP contribution in [0.15, 0.2) is 66.0 Å². The van der Waals surface area contributed by atoms with Gasteiger partial charge in [-0.2, -0.15) is 0 Å².